The van der Waals surface area contributed by atoms with Crippen molar-refractivity contribution in [3.05, 3.63) is 60.2 Å². The monoisotopic (exact) mass is 331 g/mol. The molecule has 0 aliphatic rings. The Labute approximate surface area is 145 Å². The van der Waals surface area contributed by atoms with Gasteiger partial charge in [-0.15, -0.1) is 0 Å². The van der Waals surface area contributed by atoms with Gasteiger partial charge in [0, 0.05) is 10.9 Å². The molecule has 0 aliphatic carbocycles. The Kier molecular flexibility index (Phi) is 3.90. The summed E-state index contributed by atoms with van der Waals surface area (Å²) in [5, 5.41) is 5.13. The third-order valence-corrected chi connectivity index (χ3v) is 3.94. The Hall–Kier alpha value is -3.21. The molecule has 0 spiro atoms. The molecule has 0 bridgehead atoms. The van der Waals surface area contributed by atoms with Gasteiger partial charge in [-0.05, 0) is 38.1 Å². The molecule has 0 amide bonds. The summed E-state index contributed by atoms with van der Waals surface area (Å²) in [6.45, 7) is 4.48. The van der Waals surface area contributed by atoms with Gasteiger partial charge in [-0.2, -0.15) is 4.98 Å². The van der Waals surface area contributed by atoms with Crippen LogP contribution < -0.4 is 4.74 Å². The van der Waals surface area contributed by atoms with E-state index in [1.807, 2.05) is 68.4 Å². The molecule has 0 radical (unpaired) electrons. The van der Waals surface area contributed by atoms with Crippen LogP contribution in [0, 0.1) is 6.92 Å². The zero-order valence-corrected chi connectivity index (χ0v) is 14.1. The molecule has 4 aromatic rings. The molecule has 5 nitrogen and oxygen atoms in total. The number of ether oxygens (including phenoxy) is 1. The smallest absolute Gasteiger partial charge is 0.258 e. The van der Waals surface area contributed by atoms with Gasteiger partial charge in [0.15, 0.2) is 0 Å². The number of aryl methyl sites for hydroxylation is 1. The fourth-order valence-electron chi connectivity index (χ4n) is 2.65. The van der Waals surface area contributed by atoms with Gasteiger partial charge < -0.3 is 9.26 Å². The lowest BCUT2D eigenvalue weighted by molar-refractivity contribution is 0.329. The Bertz CT molecular complexity index is 1020. The minimum Gasteiger partial charge on any atom is -0.477 e. The summed E-state index contributed by atoms with van der Waals surface area (Å²) >= 11 is 0. The number of nitrogens with zero attached hydrogens (tertiary/aromatic N) is 3. The van der Waals surface area contributed by atoms with Gasteiger partial charge in [0.05, 0.1) is 17.7 Å². The summed E-state index contributed by atoms with van der Waals surface area (Å²) in [6.07, 6.45) is 0. The topological polar surface area (TPSA) is 61.0 Å². The maximum atomic E-state index is 5.70. The summed E-state index contributed by atoms with van der Waals surface area (Å²) in [4.78, 5) is 9.12. The van der Waals surface area contributed by atoms with Crippen LogP contribution in [0.5, 0.6) is 5.88 Å². The molecule has 124 valence electrons. The highest BCUT2D eigenvalue weighted by Gasteiger charge is 2.17. The molecule has 0 unspecified atom stereocenters. The van der Waals surface area contributed by atoms with E-state index in [2.05, 4.69) is 15.1 Å². The minimum atomic E-state index is 0.470. The third kappa shape index (κ3) is 2.96. The summed E-state index contributed by atoms with van der Waals surface area (Å²) in [7, 11) is 0. The Morgan fingerprint density at radius 2 is 1.80 bits per heavy atom. The first-order valence-electron chi connectivity index (χ1n) is 8.18. The molecule has 2 heterocycles. The number of fused-ring (bicyclic) bond motifs is 1. The van der Waals surface area contributed by atoms with Crippen LogP contribution in [-0.2, 0) is 0 Å². The van der Waals surface area contributed by atoms with E-state index < -0.39 is 0 Å². The first kappa shape index (κ1) is 15.3. The summed E-state index contributed by atoms with van der Waals surface area (Å²) in [6, 6.07) is 17.8. The predicted molar refractivity (Wildman–Crippen MR) is 96.4 cm³/mol. The molecule has 0 aliphatic heterocycles. The zero-order valence-electron chi connectivity index (χ0n) is 14.1. The molecule has 2 aromatic heterocycles. The Morgan fingerprint density at radius 3 is 2.60 bits per heavy atom. The van der Waals surface area contributed by atoms with Crippen molar-refractivity contribution in [1.29, 1.82) is 0 Å². The van der Waals surface area contributed by atoms with E-state index in [0.29, 0.717) is 24.2 Å². The second kappa shape index (κ2) is 6.36. The van der Waals surface area contributed by atoms with Crippen molar-refractivity contribution in [3.63, 3.8) is 0 Å². The van der Waals surface area contributed by atoms with Crippen molar-refractivity contribution >= 4 is 10.9 Å². The van der Waals surface area contributed by atoms with E-state index in [1.165, 1.54) is 5.56 Å². The van der Waals surface area contributed by atoms with Crippen molar-refractivity contribution in [2.45, 2.75) is 13.8 Å². The van der Waals surface area contributed by atoms with Crippen LogP contribution in [0.2, 0.25) is 0 Å². The van der Waals surface area contributed by atoms with Crippen molar-refractivity contribution in [2.75, 3.05) is 6.61 Å². The normalized spacial score (nSPS) is 11.0. The number of hydrogen-bond acceptors (Lipinski definition) is 5. The molecular formula is C20H17N3O2. The average Bonchev–Trinajstić information content (AvgIpc) is 3.12. The molecule has 5 heteroatoms. The van der Waals surface area contributed by atoms with Gasteiger partial charge in [0.1, 0.15) is 0 Å². The molecule has 2 aromatic carbocycles. The first-order valence-corrected chi connectivity index (χ1v) is 8.18. The number of rotatable bonds is 4. The molecule has 0 atom stereocenters. The van der Waals surface area contributed by atoms with Crippen LogP contribution in [0.1, 0.15) is 12.5 Å². The number of hydrogen-bond donors (Lipinski definition) is 0. The van der Waals surface area contributed by atoms with E-state index >= 15 is 0 Å². The van der Waals surface area contributed by atoms with Gasteiger partial charge in [-0.1, -0.05) is 41.1 Å². The molecule has 4 rings (SSSR count). The summed E-state index contributed by atoms with van der Waals surface area (Å²) in [5.74, 6) is 1.46. The third-order valence-electron chi connectivity index (χ3n) is 3.94. The Morgan fingerprint density at radius 1 is 1.00 bits per heavy atom. The zero-order chi connectivity index (χ0) is 17.2. The van der Waals surface area contributed by atoms with E-state index in [9.17, 15) is 0 Å². The molecule has 0 saturated carbocycles. The number of pyridine rings is 1. The van der Waals surface area contributed by atoms with Crippen molar-refractivity contribution in [1.82, 2.24) is 15.1 Å². The van der Waals surface area contributed by atoms with Crippen LogP contribution >= 0.6 is 0 Å². The number of aromatic nitrogens is 3. The molecule has 0 saturated heterocycles. The van der Waals surface area contributed by atoms with Crippen LogP contribution in [0.15, 0.2) is 59.1 Å². The fourth-order valence-corrected chi connectivity index (χ4v) is 2.65. The lowest BCUT2D eigenvalue weighted by Crippen LogP contribution is -1.98. The van der Waals surface area contributed by atoms with Gasteiger partial charge in [0.2, 0.25) is 11.7 Å². The van der Waals surface area contributed by atoms with Gasteiger partial charge in [-0.25, -0.2) is 4.98 Å². The van der Waals surface area contributed by atoms with E-state index in [1.54, 1.807) is 0 Å². The van der Waals surface area contributed by atoms with Crippen LogP contribution in [0.3, 0.4) is 0 Å². The summed E-state index contributed by atoms with van der Waals surface area (Å²) < 4.78 is 11.1. The van der Waals surface area contributed by atoms with Crippen LogP contribution in [0.4, 0.5) is 0 Å². The molecule has 25 heavy (non-hydrogen) atoms. The highest BCUT2D eigenvalue weighted by Crippen LogP contribution is 2.31. The number of para-hydroxylation sites is 1. The largest absolute Gasteiger partial charge is 0.477 e. The van der Waals surface area contributed by atoms with Gasteiger partial charge in [-0.3, -0.25) is 0 Å². The quantitative estimate of drug-likeness (QED) is 0.544. The SMILES string of the molecule is CCOc1nc2ccccc2cc1-c1noc(-c2ccc(C)cc2)n1. The van der Waals surface area contributed by atoms with Crippen molar-refractivity contribution in [2.24, 2.45) is 0 Å². The molecular weight excluding hydrogens is 314 g/mol. The highest BCUT2D eigenvalue weighted by molar-refractivity contribution is 5.85. The van der Waals surface area contributed by atoms with Crippen LogP contribution in [0.25, 0.3) is 33.7 Å². The summed E-state index contributed by atoms with van der Waals surface area (Å²) in [5.41, 5.74) is 3.66. The first-order chi connectivity index (χ1) is 12.2. The maximum Gasteiger partial charge on any atom is 0.258 e. The fraction of sp³-hybridized carbons (Fsp3) is 0.150. The van der Waals surface area contributed by atoms with Gasteiger partial charge >= 0.3 is 0 Å². The standard InChI is InChI=1S/C20H17N3O2/c1-3-24-20-16(12-15-6-4-5-7-17(15)21-20)18-22-19(25-23-18)14-10-8-13(2)9-11-14/h4-12H,3H2,1-2H3. The predicted octanol–water partition coefficient (Wildman–Crippen LogP) is 4.66. The lowest BCUT2D eigenvalue weighted by atomic mass is 10.1. The lowest BCUT2D eigenvalue weighted by Gasteiger charge is -2.08. The van der Waals surface area contributed by atoms with E-state index in [0.717, 1.165) is 22.0 Å². The average molecular weight is 331 g/mol. The van der Waals surface area contributed by atoms with E-state index in [4.69, 9.17) is 9.26 Å². The molecule has 0 fully saturated rings. The van der Waals surface area contributed by atoms with Gasteiger partial charge in [0.25, 0.3) is 5.89 Å². The van der Waals surface area contributed by atoms with Crippen molar-refractivity contribution < 1.29 is 9.26 Å². The molecule has 0 N–H and O–H groups in total. The van der Waals surface area contributed by atoms with Crippen LogP contribution in [-0.4, -0.2) is 21.7 Å². The van der Waals surface area contributed by atoms with E-state index in [-0.39, 0.29) is 0 Å². The van der Waals surface area contributed by atoms with Crippen molar-refractivity contribution in [3.8, 4) is 28.7 Å². The second-order valence-electron chi connectivity index (χ2n) is 5.76. The second-order valence-corrected chi connectivity index (χ2v) is 5.76. The maximum absolute atomic E-state index is 5.70. The Balaban J connectivity index is 1.81. The highest BCUT2D eigenvalue weighted by atomic mass is 16.5. The minimum absolute atomic E-state index is 0.470. The number of benzene rings is 2.